The number of rotatable bonds is 21. The van der Waals surface area contributed by atoms with E-state index in [-0.39, 0.29) is 5.75 Å². The van der Waals surface area contributed by atoms with Crippen molar-refractivity contribution in [2.75, 3.05) is 21.3 Å². The summed E-state index contributed by atoms with van der Waals surface area (Å²) < 4.78 is 16.4. The first kappa shape index (κ1) is 40.4. The van der Waals surface area contributed by atoms with Crippen molar-refractivity contribution in [1.29, 1.82) is 0 Å². The van der Waals surface area contributed by atoms with Crippen molar-refractivity contribution in [3.8, 4) is 23.0 Å². The van der Waals surface area contributed by atoms with Gasteiger partial charge in [0.15, 0.2) is 11.5 Å². The summed E-state index contributed by atoms with van der Waals surface area (Å²) in [6, 6.07) is 0. The molecule has 1 aromatic rings. The molecule has 6 heteroatoms. The molecule has 256 valence electrons. The van der Waals surface area contributed by atoms with Gasteiger partial charge in [-0.05, 0) is 119 Å². The second kappa shape index (κ2) is 22.0. The van der Waals surface area contributed by atoms with Crippen LogP contribution in [0, 0.1) is 6.92 Å². The Balaban J connectivity index is 2.47. The quantitative estimate of drug-likeness (QED) is 0.103. The summed E-state index contributed by atoms with van der Waals surface area (Å²) >= 11 is 0. The molecule has 6 nitrogen and oxygen atoms in total. The fourth-order valence-electron chi connectivity index (χ4n) is 5.28. The minimum Gasteiger partial charge on any atom is -0.504 e. The molecule has 0 fully saturated rings. The summed E-state index contributed by atoms with van der Waals surface area (Å²) in [6.45, 7) is 14.5. The molecule has 1 rings (SSSR count). The maximum Gasteiger partial charge on any atom is 0.330 e. The average Bonchev–Trinajstić information content (AvgIpc) is 3.00. The average molecular weight is 637 g/mol. The first-order valence-electron chi connectivity index (χ1n) is 16.5. The Morgan fingerprint density at radius 3 is 1.26 bits per heavy atom. The maximum atomic E-state index is 10.9. The van der Waals surface area contributed by atoms with Crippen LogP contribution in [0.25, 0.3) is 0 Å². The van der Waals surface area contributed by atoms with Crippen LogP contribution >= 0.6 is 0 Å². The number of aliphatic carboxylic acids is 1. The van der Waals surface area contributed by atoms with E-state index in [0.717, 1.165) is 75.3 Å². The lowest BCUT2D eigenvalue weighted by atomic mass is 9.99. The molecular formula is C40H60O6. The molecule has 1 aromatic carbocycles. The second-order valence-corrected chi connectivity index (χ2v) is 12.4. The lowest BCUT2D eigenvalue weighted by Gasteiger charge is -2.19. The maximum absolute atomic E-state index is 10.9. The van der Waals surface area contributed by atoms with Crippen LogP contribution in [0.4, 0.5) is 0 Å². The molecule has 0 bridgehead atoms. The fraction of sp³-hybridized carbons (Fsp3) is 0.525. The van der Waals surface area contributed by atoms with Crippen LogP contribution in [0.5, 0.6) is 23.0 Å². The largest absolute Gasteiger partial charge is 0.504 e. The van der Waals surface area contributed by atoms with Crippen molar-refractivity contribution >= 4 is 5.97 Å². The highest BCUT2D eigenvalue weighted by molar-refractivity contribution is 5.85. The molecule has 0 atom stereocenters. The highest BCUT2D eigenvalue weighted by atomic mass is 16.5. The molecule has 0 aliphatic heterocycles. The minimum atomic E-state index is -0.837. The van der Waals surface area contributed by atoms with Crippen LogP contribution in [0.3, 0.4) is 0 Å². The number of ether oxygens (including phenoxy) is 3. The van der Waals surface area contributed by atoms with E-state index in [1.165, 1.54) is 42.1 Å². The predicted molar refractivity (Wildman–Crippen MR) is 193 cm³/mol. The molecule has 0 spiro atoms. The lowest BCUT2D eigenvalue weighted by Crippen LogP contribution is -2.01. The highest BCUT2D eigenvalue weighted by Crippen LogP contribution is 2.49. The summed E-state index contributed by atoms with van der Waals surface area (Å²) in [7, 11) is 4.65. The monoisotopic (exact) mass is 636 g/mol. The summed E-state index contributed by atoms with van der Waals surface area (Å²) in [5.41, 5.74) is 8.94. The molecule has 0 unspecified atom stereocenters. The number of carbonyl (C=O) groups is 1. The van der Waals surface area contributed by atoms with E-state index in [9.17, 15) is 9.90 Å². The molecule has 0 saturated heterocycles. The van der Waals surface area contributed by atoms with Gasteiger partial charge in [-0.3, -0.25) is 0 Å². The zero-order chi connectivity index (χ0) is 34.6. The van der Waals surface area contributed by atoms with Gasteiger partial charge in [0.2, 0.25) is 11.5 Å². The standard InChI is InChI=1S/C40H60O6/c1-28(16-11-17-29(2)20-13-21-31(4)24-15-25-33(6)40(42)43)18-12-19-30(3)22-14-23-32(5)26-27-35-34(7)37(44-8)39(46-10)38(45-9)36(35)41/h17-18,21-22,25-26,41H,11-16,19-20,23-24,27H2,1-10H3,(H,42,43). The van der Waals surface area contributed by atoms with E-state index in [4.69, 9.17) is 19.3 Å². The molecule has 0 aromatic heterocycles. The lowest BCUT2D eigenvalue weighted by molar-refractivity contribution is -0.132. The molecule has 0 aliphatic rings. The first-order chi connectivity index (χ1) is 21.9. The second-order valence-electron chi connectivity index (χ2n) is 12.4. The smallest absolute Gasteiger partial charge is 0.330 e. The highest BCUT2D eigenvalue weighted by Gasteiger charge is 2.23. The molecule has 46 heavy (non-hydrogen) atoms. The Labute approximate surface area is 279 Å². The number of aromatic hydroxyl groups is 1. The number of methoxy groups -OCH3 is 3. The number of allylic oxidation sites excluding steroid dienone is 11. The van der Waals surface area contributed by atoms with Crippen molar-refractivity contribution < 1.29 is 29.2 Å². The van der Waals surface area contributed by atoms with Crippen LogP contribution in [0.15, 0.2) is 69.9 Å². The van der Waals surface area contributed by atoms with Gasteiger partial charge in [-0.2, -0.15) is 0 Å². The van der Waals surface area contributed by atoms with Crippen LogP contribution in [0.1, 0.15) is 117 Å². The molecule has 0 amide bonds. The van der Waals surface area contributed by atoms with Crippen LogP contribution in [-0.4, -0.2) is 37.5 Å². The third-order valence-corrected chi connectivity index (χ3v) is 8.43. The van der Waals surface area contributed by atoms with Crippen molar-refractivity contribution in [2.24, 2.45) is 0 Å². The number of carboxylic acid groups (broad SMARTS) is 1. The molecule has 0 saturated carbocycles. The molecule has 0 radical (unpaired) electrons. The zero-order valence-corrected chi connectivity index (χ0v) is 30.3. The Hall–Kier alpha value is -3.67. The Morgan fingerprint density at radius 1 is 0.565 bits per heavy atom. The Morgan fingerprint density at radius 2 is 0.913 bits per heavy atom. The summed E-state index contributed by atoms with van der Waals surface area (Å²) in [5.74, 6) is 0.552. The van der Waals surface area contributed by atoms with E-state index in [1.807, 2.05) is 6.92 Å². The Bertz CT molecular complexity index is 1290. The number of phenolic OH excluding ortho intramolecular Hbond substituents is 1. The van der Waals surface area contributed by atoms with Gasteiger partial charge in [-0.25, -0.2) is 4.79 Å². The summed E-state index contributed by atoms with van der Waals surface area (Å²) in [6.07, 6.45) is 24.0. The van der Waals surface area contributed by atoms with Crippen molar-refractivity contribution in [3.05, 3.63) is 81.0 Å². The van der Waals surface area contributed by atoms with Crippen LogP contribution in [0.2, 0.25) is 0 Å². The van der Waals surface area contributed by atoms with Gasteiger partial charge in [-0.1, -0.05) is 64.3 Å². The fourth-order valence-corrected chi connectivity index (χ4v) is 5.28. The summed E-state index contributed by atoms with van der Waals surface area (Å²) in [4.78, 5) is 10.9. The van der Waals surface area contributed by atoms with Gasteiger partial charge in [-0.15, -0.1) is 0 Å². The predicted octanol–water partition coefficient (Wildman–Crippen LogP) is 10.9. The van der Waals surface area contributed by atoms with Crippen LogP contribution < -0.4 is 14.2 Å². The van der Waals surface area contributed by atoms with E-state index in [1.54, 1.807) is 20.1 Å². The van der Waals surface area contributed by atoms with Crippen molar-refractivity contribution in [3.63, 3.8) is 0 Å². The van der Waals surface area contributed by atoms with Crippen molar-refractivity contribution in [2.45, 2.75) is 119 Å². The number of benzene rings is 1. The third kappa shape index (κ3) is 14.6. The molecule has 2 N–H and O–H groups in total. The Kier molecular flexibility index (Phi) is 19.3. The van der Waals surface area contributed by atoms with Gasteiger partial charge < -0.3 is 24.4 Å². The SMILES string of the molecule is COc1c(C)c(CC=C(C)CCC=C(C)CCC=C(C)CCC=C(C)CCC=C(C)CCC=C(C)C(=O)O)c(O)c(OC)c1OC. The number of carboxylic acids is 1. The minimum absolute atomic E-state index is 0.0994. The normalized spacial score (nSPS) is 13.7. The molecule has 0 heterocycles. The van der Waals surface area contributed by atoms with E-state index in [0.29, 0.717) is 29.2 Å². The van der Waals surface area contributed by atoms with Gasteiger partial charge in [0.05, 0.1) is 21.3 Å². The van der Waals surface area contributed by atoms with E-state index in [2.05, 4.69) is 65.0 Å². The number of phenols is 1. The van der Waals surface area contributed by atoms with Gasteiger partial charge in [0.25, 0.3) is 0 Å². The number of hydrogen-bond acceptors (Lipinski definition) is 5. The first-order valence-corrected chi connectivity index (χ1v) is 16.5. The topological polar surface area (TPSA) is 85.2 Å². The molecule has 0 aliphatic carbocycles. The van der Waals surface area contributed by atoms with Gasteiger partial charge in [0, 0.05) is 16.7 Å². The van der Waals surface area contributed by atoms with Gasteiger partial charge in [0.1, 0.15) is 0 Å². The van der Waals surface area contributed by atoms with Crippen LogP contribution in [-0.2, 0) is 11.2 Å². The van der Waals surface area contributed by atoms with E-state index < -0.39 is 5.97 Å². The number of hydrogen-bond donors (Lipinski definition) is 2. The molecular weight excluding hydrogens is 576 g/mol. The zero-order valence-electron chi connectivity index (χ0n) is 30.3. The summed E-state index contributed by atoms with van der Waals surface area (Å²) in [5, 5.41) is 19.8. The van der Waals surface area contributed by atoms with E-state index >= 15 is 0 Å². The van der Waals surface area contributed by atoms with Crippen molar-refractivity contribution in [1.82, 2.24) is 0 Å². The van der Waals surface area contributed by atoms with Gasteiger partial charge >= 0.3 is 5.97 Å². The third-order valence-electron chi connectivity index (χ3n) is 8.43.